The van der Waals surface area contributed by atoms with Gasteiger partial charge in [0.1, 0.15) is 13.2 Å². The van der Waals surface area contributed by atoms with E-state index in [2.05, 4.69) is 10.2 Å². The first-order valence-corrected chi connectivity index (χ1v) is 12.6. The maximum Gasteiger partial charge on any atom is 0.257 e. The maximum atomic E-state index is 13.3. The second kappa shape index (κ2) is 9.16. The van der Waals surface area contributed by atoms with Crippen molar-refractivity contribution in [2.45, 2.75) is 11.8 Å². The van der Waals surface area contributed by atoms with Crippen molar-refractivity contribution in [1.29, 1.82) is 0 Å². The predicted molar refractivity (Wildman–Crippen MR) is 126 cm³/mol. The van der Waals surface area contributed by atoms with Gasteiger partial charge in [-0.1, -0.05) is 12.1 Å². The van der Waals surface area contributed by atoms with Crippen molar-refractivity contribution in [2.75, 3.05) is 39.4 Å². The van der Waals surface area contributed by atoms with Crippen molar-refractivity contribution in [3.8, 4) is 22.8 Å². The third kappa shape index (κ3) is 4.40. The van der Waals surface area contributed by atoms with Crippen LogP contribution in [0.3, 0.4) is 0 Å². The van der Waals surface area contributed by atoms with E-state index < -0.39 is 10.0 Å². The van der Waals surface area contributed by atoms with Gasteiger partial charge < -0.3 is 14.4 Å². The van der Waals surface area contributed by atoms with E-state index in [1.807, 2.05) is 6.07 Å². The van der Waals surface area contributed by atoms with Crippen LogP contribution in [0, 0.1) is 0 Å². The number of rotatable bonds is 5. The molecule has 2 aliphatic rings. The van der Waals surface area contributed by atoms with Gasteiger partial charge in [-0.15, -0.1) is 0 Å². The number of aromatic amines is 1. The molecule has 0 saturated carbocycles. The lowest BCUT2D eigenvalue weighted by atomic mass is 10.1. The molecule has 0 aliphatic carbocycles. The minimum Gasteiger partial charge on any atom is -0.486 e. The van der Waals surface area contributed by atoms with Crippen LogP contribution in [0.2, 0.25) is 0 Å². The van der Waals surface area contributed by atoms with Gasteiger partial charge in [-0.05, 0) is 37.3 Å². The number of aromatic nitrogens is 2. The molecule has 3 heterocycles. The Morgan fingerprint density at radius 1 is 0.971 bits per heavy atom. The Kier molecular flexibility index (Phi) is 6.03. The average molecular weight is 497 g/mol. The van der Waals surface area contributed by atoms with Crippen molar-refractivity contribution >= 4 is 21.7 Å². The number of piperazine rings is 1. The average Bonchev–Trinajstić information content (AvgIpc) is 3.38. The normalized spacial score (nSPS) is 16.2. The van der Waals surface area contributed by atoms with E-state index in [1.165, 1.54) is 29.6 Å². The predicted octanol–water partition coefficient (Wildman–Crippen LogP) is 2.20. The standard InChI is InChI=1S/C24H24N4O6S/c1-16(29)17-3-2-4-19(13-17)35(31,32)28-9-7-27(8-10-28)24(30)20-15-25-26-23(20)18-5-6-21-22(14-18)34-12-11-33-21/h2-6,13-15H,7-12H2,1H3,(H,25,26). The van der Waals surface area contributed by atoms with Crippen LogP contribution in [-0.4, -0.2) is 78.9 Å². The molecule has 2 aliphatic heterocycles. The molecule has 0 radical (unpaired) electrons. The van der Waals surface area contributed by atoms with Gasteiger partial charge in [0.05, 0.1) is 22.3 Å². The molecule has 5 rings (SSSR count). The van der Waals surface area contributed by atoms with Gasteiger partial charge in [0.25, 0.3) is 5.91 Å². The van der Waals surface area contributed by atoms with Gasteiger partial charge in [-0.3, -0.25) is 14.7 Å². The summed E-state index contributed by atoms with van der Waals surface area (Å²) >= 11 is 0. The summed E-state index contributed by atoms with van der Waals surface area (Å²) in [5.41, 5.74) is 2.03. The zero-order chi connectivity index (χ0) is 24.6. The Bertz CT molecular complexity index is 1390. The number of H-pyrrole nitrogens is 1. The molecule has 10 nitrogen and oxygen atoms in total. The lowest BCUT2D eigenvalue weighted by Gasteiger charge is -2.34. The van der Waals surface area contributed by atoms with Crippen LogP contribution >= 0.6 is 0 Å². The van der Waals surface area contributed by atoms with Gasteiger partial charge in [0.2, 0.25) is 10.0 Å². The molecule has 182 valence electrons. The summed E-state index contributed by atoms with van der Waals surface area (Å²) in [6.07, 6.45) is 1.48. The second-order valence-electron chi connectivity index (χ2n) is 8.30. The maximum absolute atomic E-state index is 13.3. The summed E-state index contributed by atoms with van der Waals surface area (Å²) in [7, 11) is -3.78. The third-order valence-electron chi connectivity index (χ3n) is 6.10. The molecule has 1 aromatic heterocycles. The third-order valence-corrected chi connectivity index (χ3v) is 8.00. The van der Waals surface area contributed by atoms with E-state index in [4.69, 9.17) is 9.47 Å². The number of carbonyl (C=O) groups excluding carboxylic acids is 2. The number of amides is 1. The van der Waals surface area contributed by atoms with Crippen molar-refractivity contribution < 1.29 is 27.5 Å². The number of Topliss-reactive ketones (excluding diaryl/α,β-unsaturated/α-hetero) is 1. The Balaban J connectivity index is 1.30. The van der Waals surface area contributed by atoms with E-state index in [0.29, 0.717) is 41.5 Å². The first-order valence-electron chi connectivity index (χ1n) is 11.2. The van der Waals surface area contributed by atoms with E-state index in [0.717, 1.165) is 5.56 Å². The molecule has 3 aromatic rings. The minimum absolute atomic E-state index is 0.0701. The molecule has 1 fully saturated rings. The summed E-state index contributed by atoms with van der Waals surface area (Å²) in [6.45, 7) is 3.10. The highest BCUT2D eigenvalue weighted by Crippen LogP contribution is 2.35. The molecule has 1 saturated heterocycles. The van der Waals surface area contributed by atoms with Crippen LogP contribution in [0.15, 0.2) is 53.6 Å². The zero-order valence-corrected chi connectivity index (χ0v) is 19.9. The van der Waals surface area contributed by atoms with Crippen LogP contribution in [0.4, 0.5) is 0 Å². The number of carbonyl (C=O) groups is 2. The number of fused-ring (bicyclic) bond motifs is 1. The topological polar surface area (TPSA) is 122 Å². The Labute approximate surface area is 202 Å². The summed E-state index contributed by atoms with van der Waals surface area (Å²) in [4.78, 5) is 26.6. The minimum atomic E-state index is -3.78. The highest BCUT2D eigenvalue weighted by Gasteiger charge is 2.32. The molecule has 2 aromatic carbocycles. The molecule has 0 spiro atoms. The molecule has 35 heavy (non-hydrogen) atoms. The van der Waals surface area contributed by atoms with Crippen LogP contribution in [0.1, 0.15) is 27.6 Å². The Morgan fingerprint density at radius 2 is 1.71 bits per heavy atom. The monoisotopic (exact) mass is 496 g/mol. The first kappa shape index (κ1) is 23.1. The molecule has 0 bridgehead atoms. The van der Waals surface area contributed by atoms with E-state index in [1.54, 1.807) is 29.2 Å². The first-order chi connectivity index (χ1) is 16.8. The van der Waals surface area contributed by atoms with Gasteiger partial charge >= 0.3 is 0 Å². The number of nitrogens with zero attached hydrogens (tertiary/aromatic N) is 3. The smallest absolute Gasteiger partial charge is 0.257 e. The van der Waals surface area contributed by atoms with Crippen molar-refractivity contribution in [1.82, 2.24) is 19.4 Å². The second-order valence-corrected chi connectivity index (χ2v) is 10.2. The highest BCUT2D eigenvalue weighted by atomic mass is 32.2. The van der Waals surface area contributed by atoms with E-state index in [-0.39, 0.29) is 42.8 Å². The number of sulfonamides is 1. The van der Waals surface area contributed by atoms with Crippen molar-refractivity contribution in [3.05, 3.63) is 59.8 Å². The molecule has 11 heteroatoms. The quantitative estimate of drug-likeness (QED) is 0.538. The van der Waals surface area contributed by atoms with Crippen LogP contribution in [-0.2, 0) is 10.0 Å². The highest BCUT2D eigenvalue weighted by molar-refractivity contribution is 7.89. The molecule has 1 amide bonds. The van der Waals surface area contributed by atoms with E-state index >= 15 is 0 Å². The number of ether oxygens (including phenoxy) is 2. The Morgan fingerprint density at radius 3 is 2.46 bits per heavy atom. The molecule has 1 N–H and O–H groups in total. The van der Waals surface area contributed by atoms with Crippen LogP contribution in [0.5, 0.6) is 11.5 Å². The Hall–Kier alpha value is -3.70. The number of nitrogens with one attached hydrogen (secondary N) is 1. The van der Waals surface area contributed by atoms with Crippen molar-refractivity contribution in [3.63, 3.8) is 0 Å². The number of benzene rings is 2. The lowest BCUT2D eigenvalue weighted by molar-refractivity contribution is 0.0698. The van der Waals surface area contributed by atoms with Crippen molar-refractivity contribution in [2.24, 2.45) is 0 Å². The fourth-order valence-corrected chi connectivity index (χ4v) is 5.66. The number of hydrogen-bond donors (Lipinski definition) is 1. The number of hydrogen-bond acceptors (Lipinski definition) is 7. The van der Waals surface area contributed by atoms with Crippen LogP contribution in [0.25, 0.3) is 11.3 Å². The fraction of sp³-hybridized carbons (Fsp3) is 0.292. The summed E-state index contributed by atoms with van der Waals surface area (Å²) in [6, 6.07) is 11.4. The van der Waals surface area contributed by atoms with Gasteiger partial charge in [0, 0.05) is 37.3 Å². The zero-order valence-electron chi connectivity index (χ0n) is 19.1. The number of ketones is 1. The SMILES string of the molecule is CC(=O)c1cccc(S(=O)(=O)N2CCN(C(=O)c3cn[nH]c3-c3ccc4c(c3)OCCO4)CC2)c1. The summed E-state index contributed by atoms with van der Waals surface area (Å²) in [5, 5.41) is 6.95. The van der Waals surface area contributed by atoms with Gasteiger partial charge in [-0.25, -0.2) is 8.42 Å². The largest absolute Gasteiger partial charge is 0.486 e. The summed E-state index contributed by atoms with van der Waals surface area (Å²) in [5.74, 6) is 0.818. The van der Waals surface area contributed by atoms with Gasteiger partial charge in [0.15, 0.2) is 17.3 Å². The molecule has 0 atom stereocenters. The van der Waals surface area contributed by atoms with E-state index in [9.17, 15) is 18.0 Å². The van der Waals surface area contributed by atoms with Crippen LogP contribution < -0.4 is 9.47 Å². The molecular formula is C24H24N4O6S. The fourth-order valence-electron chi connectivity index (χ4n) is 4.19. The summed E-state index contributed by atoms with van der Waals surface area (Å²) < 4.78 is 38.7. The molecule has 0 unspecified atom stereocenters. The van der Waals surface area contributed by atoms with Gasteiger partial charge in [-0.2, -0.15) is 9.40 Å². The lowest BCUT2D eigenvalue weighted by Crippen LogP contribution is -2.50. The molecular weight excluding hydrogens is 472 g/mol.